The minimum absolute atomic E-state index is 0.351. The van der Waals surface area contributed by atoms with Crippen molar-refractivity contribution < 1.29 is 5.11 Å². The molecule has 78 valence electrons. The summed E-state index contributed by atoms with van der Waals surface area (Å²) in [5, 5.41) is 15.4. The summed E-state index contributed by atoms with van der Waals surface area (Å²) in [4.78, 5) is 0. The fourth-order valence-electron chi connectivity index (χ4n) is 1.83. The van der Waals surface area contributed by atoms with Gasteiger partial charge >= 0.3 is 0 Å². The van der Waals surface area contributed by atoms with Crippen LogP contribution >= 0.6 is 11.5 Å². The number of hydrogen-bond donors (Lipinski definition) is 3. The van der Waals surface area contributed by atoms with Gasteiger partial charge in [-0.05, 0) is 43.5 Å². The molecule has 2 heterocycles. The quantitative estimate of drug-likeness (QED) is 0.659. The maximum absolute atomic E-state index is 10.3. The van der Waals surface area contributed by atoms with Gasteiger partial charge in [-0.3, -0.25) is 0 Å². The summed E-state index contributed by atoms with van der Waals surface area (Å²) in [5.41, 5.74) is 6.04. The monoisotopic (exact) mass is 213 g/mol. The molecule has 0 radical (unpaired) electrons. The van der Waals surface area contributed by atoms with Crippen LogP contribution in [0.2, 0.25) is 0 Å². The number of nitrogens with one attached hydrogen (secondary N) is 1. The Morgan fingerprint density at radius 2 is 2.29 bits per heavy atom. The summed E-state index contributed by atoms with van der Waals surface area (Å²) >= 11 is 1.37. The summed E-state index contributed by atoms with van der Waals surface area (Å²) in [7, 11) is 0. The van der Waals surface area contributed by atoms with Crippen molar-refractivity contribution in [3.8, 4) is 0 Å². The van der Waals surface area contributed by atoms with E-state index in [-0.39, 0.29) is 6.04 Å². The maximum atomic E-state index is 10.3. The Morgan fingerprint density at radius 1 is 1.57 bits per heavy atom. The largest absolute Gasteiger partial charge is 0.388 e. The maximum Gasteiger partial charge on any atom is 0.0879 e. The van der Waals surface area contributed by atoms with E-state index in [0.29, 0.717) is 12.8 Å². The minimum Gasteiger partial charge on any atom is -0.388 e. The predicted octanol–water partition coefficient (Wildman–Crippen LogP) is 0.257. The van der Waals surface area contributed by atoms with Crippen molar-refractivity contribution in [2.45, 2.75) is 24.5 Å². The number of aromatic nitrogens is 1. The van der Waals surface area contributed by atoms with Crippen LogP contribution in [-0.2, 0) is 0 Å². The van der Waals surface area contributed by atoms with Gasteiger partial charge in [0.2, 0.25) is 0 Å². The number of piperidine rings is 1. The van der Waals surface area contributed by atoms with Crippen molar-refractivity contribution >= 4 is 11.5 Å². The van der Waals surface area contributed by atoms with Crippen LogP contribution in [0.5, 0.6) is 0 Å². The predicted molar refractivity (Wildman–Crippen MR) is 56.1 cm³/mol. The normalized spacial score (nSPS) is 23.3. The lowest BCUT2D eigenvalue weighted by atomic mass is 9.84. The van der Waals surface area contributed by atoms with Gasteiger partial charge < -0.3 is 16.2 Å². The first-order chi connectivity index (χ1) is 6.72. The summed E-state index contributed by atoms with van der Waals surface area (Å²) in [6.07, 6.45) is 1.40. The van der Waals surface area contributed by atoms with Crippen LogP contribution in [0.4, 0.5) is 0 Å². The van der Waals surface area contributed by atoms with Crippen molar-refractivity contribution in [1.29, 1.82) is 0 Å². The molecule has 4 nitrogen and oxygen atoms in total. The average Bonchev–Trinajstić information content (AvgIpc) is 2.70. The van der Waals surface area contributed by atoms with Crippen LogP contribution in [0.3, 0.4) is 0 Å². The molecule has 1 aliphatic heterocycles. The zero-order valence-electron chi connectivity index (χ0n) is 7.94. The van der Waals surface area contributed by atoms with E-state index < -0.39 is 5.60 Å². The Morgan fingerprint density at radius 3 is 2.86 bits per heavy atom. The highest BCUT2D eigenvalue weighted by atomic mass is 32.1. The smallest absolute Gasteiger partial charge is 0.0879 e. The Labute approximate surface area is 87.3 Å². The zero-order chi connectivity index (χ0) is 10.0. The molecule has 0 spiro atoms. The first-order valence-corrected chi connectivity index (χ1v) is 5.65. The minimum atomic E-state index is -0.778. The number of hydrogen-bond acceptors (Lipinski definition) is 5. The third-order valence-corrected chi connectivity index (χ3v) is 3.40. The molecule has 0 amide bonds. The van der Waals surface area contributed by atoms with Crippen molar-refractivity contribution in [3.63, 3.8) is 0 Å². The second-order valence-corrected chi connectivity index (χ2v) is 4.42. The van der Waals surface area contributed by atoms with E-state index in [1.165, 1.54) is 11.5 Å². The van der Waals surface area contributed by atoms with Crippen LogP contribution in [0.25, 0.3) is 0 Å². The van der Waals surface area contributed by atoms with E-state index >= 15 is 0 Å². The van der Waals surface area contributed by atoms with Crippen molar-refractivity contribution in [1.82, 2.24) is 9.69 Å². The van der Waals surface area contributed by atoms with E-state index in [4.69, 9.17) is 5.73 Å². The van der Waals surface area contributed by atoms with Gasteiger partial charge in [-0.15, -0.1) is 0 Å². The zero-order valence-corrected chi connectivity index (χ0v) is 8.76. The number of aliphatic hydroxyl groups is 1. The number of nitrogens with zero attached hydrogens (tertiary/aromatic N) is 1. The van der Waals surface area contributed by atoms with Crippen molar-refractivity contribution in [2.75, 3.05) is 13.1 Å². The molecule has 14 heavy (non-hydrogen) atoms. The van der Waals surface area contributed by atoms with Gasteiger partial charge in [-0.25, -0.2) is 0 Å². The molecule has 1 aromatic heterocycles. The summed E-state index contributed by atoms with van der Waals surface area (Å²) < 4.78 is 4.17. The summed E-state index contributed by atoms with van der Waals surface area (Å²) in [5.74, 6) is 0. The molecule has 1 fully saturated rings. The molecule has 1 aliphatic rings. The second-order valence-electron chi connectivity index (χ2n) is 3.76. The molecule has 2 rings (SSSR count). The second kappa shape index (κ2) is 3.94. The first-order valence-electron chi connectivity index (χ1n) is 4.81. The molecule has 5 heteroatoms. The number of nitrogens with two attached hydrogens (primary N) is 1. The van der Waals surface area contributed by atoms with Crippen LogP contribution in [0.1, 0.15) is 24.6 Å². The molecule has 0 aliphatic carbocycles. The first kappa shape index (κ1) is 10.0. The van der Waals surface area contributed by atoms with Gasteiger partial charge in [-0.1, -0.05) is 0 Å². The van der Waals surface area contributed by atoms with Crippen LogP contribution in [0, 0.1) is 0 Å². The highest BCUT2D eigenvalue weighted by molar-refractivity contribution is 7.03. The van der Waals surface area contributed by atoms with E-state index in [9.17, 15) is 5.11 Å². The van der Waals surface area contributed by atoms with E-state index in [1.807, 2.05) is 11.4 Å². The Hall–Kier alpha value is -0.490. The average molecular weight is 213 g/mol. The molecule has 4 N–H and O–H groups in total. The van der Waals surface area contributed by atoms with Gasteiger partial charge in [0.15, 0.2) is 0 Å². The molecular formula is C9H15N3OS. The van der Waals surface area contributed by atoms with E-state index in [2.05, 4.69) is 9.69 Å². The van der Waals surface area contributed by atoms with Crippen LogP contribution < -0.4 is 11.1 Å². The Bertz CT molecular complexity index is 282. The third kappa shape index (κ3) is 1.81. The molecule has 1 aromatic rings. The van der Waals surface area contributed by atoms with Gasteiger partial charge in [0.05, 0.1) is 17.3 Å². The van der Waals surface area contributed by atoms with Crippen molar-refractivity contribution in [2.24, 2.45) is 5.73 Å². The fourth-order valence-corrected chi connectivity index (χ4v) is 2.39. The van der Waals surface area contributed by atoms with Gasteiger partial charge in [-0.2, -0.15) is 4.37 Å². The SMILES string of the molecule is NC(c1ccsn1)C1(O)CCNCC1. The Balaban J connectivity index is 2.13. The molecule has 1 atom stereocenters. The van der Waals surface area contributed by atoms with E-state index in [0.717, 1.165) is 18.8 Å². The standard InChI is InChI=1S/C9H15N3OS/c10-8(7-1-6-14-12-7)9(13)2-4-11-5-3-9/h1,6,8,11,13H,2-5,10H2. The van der Waals surface area contributed by atoms with Crippen LogP contribution in [-0.4, -0.2) is 28.2 Å². The summed E-state index contributed by atoms with van der Waals surface area (Å²) in [6.45, 7) is 1.66. The molecular weight excluding hydrogens is 198 g/mol. The highest BCUT2D eigenvalue weighted by Gasteiger charge is 2.37. The Kier molecular flexibility index (Phi) is 2.83. The topological polar surface area (TPSA) is 71.2 Å². The summed E-state index contributed by atoms with van der Waals surface area (Å²) in [6, 6.07) is 1.53. The van der Waals surface area contributed by atoms with Crippen LogP contribution in [0.15, 0.2) is 11.4 Å². The molecule has 0 bridgehead atoms. The lowest BCUT2D eigenvalue weighted by Crippen LogP contribution is -2.49. The van der Waals surface area contributed by atoms with Crippen molar-refractivity contribution in [3.05, 3.63) is 17.1 Å². The molecule has 1 saturated heterocycles. The van der Waals surface area contributed by atoms with Gasteiger partial charge in [0.1, 0.15) is 0 Å². The molecule has 0 saturated carbocycles. The fraction of sp³-hybridized carbons (Fsp3) is 0.667. The lowest BCUT2D eigenvalue weighted by molar-refractivity contribution is -0.0151. The van der Waals surface area contributed by atoms with Gasteiger partial charge in [0, 0.05) is 5.38 Å². The van der Waals surface area contributed by atoms with Gasteiger partial charge in [0.25, 0.3) is 0 Å². The lowest BCUT2D eigenvalue weighted by Gasteiger charge is -2.36. The molecule has 1 unspecified atom stereocenters. The number of rotatable bonds is 2. The van der Waals surface area contributed by atoms with E-state index in [1.54, 1.807) is 0 Å². The third-order valence-electron chi connectivity index (χ3n) is 2.82. The molecule has 0 aromatic carbocycles. The highest BCUT2D eigenvalue weighted by Crippen LogP contribution is 2.30.